The number of carbonyl (C=O) groups excluding carboxylic acids is 2. The first-order valence-electron chi connectivity index (χ1n) is 29.5. The average molecular weight is 1100 g/mol. The number of hydrogen-bond acceptors (Lipinski definition) is 6. The topological polar surface area (TPSA) is 110 Å². The number of nitrogens with one attached hydrogen (secondary N) is 2. The lowest BCUT2D eigenvalue weighted by atomic mass is 9.68. The van der Waals surface area contributed by atoms with Crippen LogP contribution in [0.25, 0.3) is 100 Å². The summed E-state index contributed by atoms with van der Waals surface area (Å²) in [6.45, 7) is 30.7. The van der Waals surface area contributed by atoms with Gasteiger partial charge in [0.2, 0.25) is 0 Å². The fraction of sp³-hybridized carbons (Fsp3) is 0.307. The van der Waals surface area contributed by atoms with E-state index < -0.39 is 17.4 Å². The highest BCUT2D eigenvalue weighted by Gasteiger charge is 2.50. The van der Waals surface area contributed by atoms with E-state index >= 15 is 9.59 Å². The summed E-state index contributed by atoms with van der Waals surface area (Å²) >= 11 is 0. The average Bonchev–Trinajstić information content (AvgIpc) is 3.65. The van der Waals surface area contributed by atoms with Gasteiger partial charge in [0, 0.05) is 49.7 Å². The van der Waals surface area contributed by atoms with Crippen LogP contribution in [-0.4, -0.2) is 45.1 Å². The van der Waals surface area contributed by atoms with E-state index in [0.717, 1.165) is 111 Å². The van der Waals surface area contributed by atoms with Crippen LogP contribution in [0, 0.1) is 0 Å². The first-order valence-corrected chi connectivity index (χ1v) is 29.5. The first kappa shape index (κ1) is 56.5. The number of H-pyrrole nitrogens is 2. The van der Waals surface area contributed by atoms with E-state index in [9.17, 15) is 0 Å². The van der Waals surface area contributed by atoms with Gasteiger partial charge in [0.1, 0.15) is 0 Å². The summed E-state index contributed by atoms with van der Waals surface area (Å²) < 4.78 is 12.1. The van der Waals surface area contributed by atoms with Gasteiger partial charge in [-0.05, 0) is 139 Å². The number of nitrogens with zero attached hydrogens (tertiary/aromatic N) is 2. The molecule has 8 nitrogen and oxygen atoms in total. The van der Waals surface area contributed by atoms with Crippen molar-refractivity contribution in [2.45, 2.75) is 137 Å². The maximum atomic E-state index is 15.1. The Labute approximate surface area is 489 Å². The number of aromatic amines is 2. The number of aromatic nitrogens is 4. The molecule has 0 radical (unpaired) electrons. The molecule has 422 valence electrons. The Morgan fingerprint density at radius 1 is 0.434 bits per heavy atom. The molecule has 8 heteroatoms. The second kappa shape index (κ2) is 21.1. The van der Waals surface area contributed by atoms with Gasteiger partial charge in [-0.1, -0.05) is 198 Å². The predicted octanol–water partition coefficient (Wildman–Crippen LogP) is 18.8. The Morgan fingerprint density at radius 3 is 1.28 bits per heavy atom. The molecule has 9 aromatic rings. The van der Waals surface area contributed by atoms with Crippen LogP contribution in [0.15, 0.2) is 146 Å². The molecule has 0 unspecified atom stereocenters. The lowest BCUT2D eigenvalue weighted by Crippen LogP contribution is -2.34. The van der Waals surface area contributed by atoms with Crippen molar-refractivity contribution >= 4 is 67.8 Å². The van der Waals surface area contributed by atoms with Crippen molar-refractivity contribution in [3.05, 3.63) is 190 Å². The smallest absolute Gasteiger partial charge is 0.307 e. The minimum Gasteiger partial charge on any atom is -0.466 e. The number of carbonyl (C=O) groups is 2. The largest absolute Gasteiger partial charge is 0.466 e. The van der Waals surface area contributed by atoms with Crippen molar-refractivity contribution in [1.82, 2.24) is 19.9 Å². The monoisotopic (exact) mass is 1100 g/mol. The van der Waals surface area contributed by atoms with E-state index in [1.165, 1.54) is 11.1 Å². The number of benzene rings is 6. The van der Waals surface area contributed by atoms with E-state index in [4.69, 9.17) is 19.4 Å². The number of fused-ring (bicyclic) bond motifs is 10. The molecule has 2 N–H and O–H groups in total. The van der Waals surface area contributed by atoms with Gasteiger partial charge in [-0.3, -0.25) is 14.6 Å². The molecular weight excluding hydrogens is 1020 g/mol. The van der Waals surface area contributed by atoms with E-state index in [1.54, 1.807) is 0 Å². The highest BCUT2D eigenvalue weighted by atomic mass is 16.5. The van der Waals surface area contributed by atoms with Crippen LogP contribution in [0.1, 0.15) is 155 Å². The second-order valence-electron chi connectivity index (χ2n) is 26.8. The summed E-state index contributed by atoms with van der Waals surface area (Å²) in [7, 11) is 0. The Bertz CT molecular complexity index is 4190. The molecule has 8 bridgehead atoms. The molecule has 0 amide bonds. The van der Waals surface area contributed by atoms with Gasteiger partial charge in [-0.15, -0.1) is 0 Å². The SMILES string of the molecule is CCOC(=O)CC1(CC(=O)OCC)c2nc3c1c(-c1ccccc1)c1cc(C(C)(C)C)ccc1c3c1ccc([nH]1)c(-c1ccc(C(C)(C)C)cc1)c1nc(c(-c3ccc(C(C)(C)C)cc3)c3ccc([nH]3)c2-c2ccc(C(C)(C)C)cc2)C=C1. The van der Waals surface area contributed by atoms with Crippen LogP contribution in [-0.2, 0) is 46.1 Å². The number of esters is 2. The van der Waals surface area contributed by atoms with Crippen LogP contribution in [0.3, 0.4) is 0 Å². The van der Waals surface area contributed by atoms with Crippen LogP contribution >= 0.6 is 0 Å². The van der Waals surface area contributed by atoms with Gasteiger partial charge in [0.05, 0.1) is 54.1 Å². The summed E-state index contributed by atoms with van der Waals surface area (Å²) in [4.78, 5) is 49.9. The second-order valence-corrected chi connectivity index (χ2v) is 26.8. The Hall–Kier alpha value is -8.36. The number of rotatable bonds is 10. The highest BCUT2D eigenvalue weighted by molar-refractivity contribution is 6.21. The zero-order chi connectivity index (χ0) is 59.0. The fourth-order valence-corrected chi connectivity index (χ4v) is 12.4. The van der Waals surface area contributed by atoms with Crippen LogP contribution in [0.4, 0.5) is 0 Å². The van der Waals surface area contributed by atoms with Gasteiger partial charge in [-0.2, -0.15) is 0 Å². The fourth-order valence-electron chi connectivity index (χ4n) is 12.4. The summed E-state index contributed by atoms with van der Waals surface area (Å²) in [6.07, 6.45) is 3.87. The normalized spacial score (nSPS) is 13.5. The maximum absolute atomic E-state index is 15.1. The van der Waals surface area contributed by atoms with E-state index in [2.05, 4.69) is 245 Å². The summed E-state index contributed by atoms with van der Waals surface area (Å²) in [5.41, 5.74) is 17.0. The number of ether oxygens (including phenoxy) is 2. The van der Waals surface area contributed by atoms with Gasteiger partial charge in [0.25, 0.3) is 0 Å². The summed E-state index contributed by atoms with van der Waals surface area (Å²) in [6, 6.07) is 52.2. The molecule has 0 aliphatic carbocycles. The molecule has 0 fully saturated rings. The van der Waals surface area contributed by atoms with E-state index in [-0.39, 0.29) is 47.7 Å². The lowest BCUT2D eigenvalue weighted by molar-refractivity contribution is -0.147. The van der Waals surface area contributed by atoms with Crippen LogP contribution in [0.5, 0.6) is 0 Å². The van der Waals surface area contributed by atoms with Crippen molar-refractivity contribution in [1.29, 1.82) is 0 Å². The van der Waals surface area contributed by atoms with Crippen molar-refractivity contribution < 1.29 is 19.1 Å². The molecule has 6 aromatic carbocycles. The van der Waals surface area contributed by atoms with E-state index in [1.807, 2.05) is 19.9 Å². The van der Waals surface area contributed by atoms with Crippen molar-refractivity contribution in [2.75, 3.05) is 13.2 Å². The maximum Gasteiger partial charge on any atom is 0.307 e. The molecule has 2 aliphatic heterocycles. The molecular formula is C75H78N4O4. The molecule has 0 atom stereocenters. The van der Waals surface area contributed by atoms with E-state index in [0.29, 0.717) is 11.2 Å². The first-order chi connectivity index (χ1) is 39.4. The van der Waals surface area contributed by atoms with Crippen LogP contribution in [0.2, 0.25) is 0 Å². The zero-order valence-corrected chi connectivity index (χ0v) is 50.9. The third-order valence-corrected chi connectivity index (χ3v) is 16.8. The Morgan fingerprint density at radius 2 is 0.831 bits per heavy atom. The molecule has 5 heterocycles. The molecule has 0 saturated heterocycles. The molecule has 0 saturated carbocycles. The van der Waals surface area contributed by atoms with Gasteiger partial charge < -0.3 is 19.4 Å². The zero-order valence-electron chi connectivity index (χ0n) is 50.9. The molecule has 83 heavy (non-hydrogen) atoms. The third-order valence-electron chi connectivity index (χ3n) is 16.8. The van der Waals surface area contributed by atoms with Crippen LogP contribution < -0.4 is 0 Å². The highest BCUT2D eigenvalue weighted by Crippen LogP contribution is 2.56. The quantitative estimate of drug-likeness (QED) is 0.132. The van der Waals surface area contributed by atoms with Crippen molar-refractivity contribution in [2.24, 2.45) is 0 Å². The molecule has 2 aliphatic rings. The molecule has 3 aromatic heterocycles. The van der Waals surface area contributed by atoms with Gasteiger partial charge in [-0.25, -0.2) is 4.98 Å². The number of hydrogen-bond donors (Lipinski definition) is 2. The molecule has 0 spiro atoms. The Kier molecular flexibility index (Phi) is 14.4. The lowest BCUT2D eigenvalue weighted by Gasteiger charge is -2.33. The Balaban J connectivity index is 1.43. The van der Waals surface area contributed by atoms with Gasteiger partial charge >= 0.3 is 11.9 Å². The summed E-state index contributed by atoms with van der Waals surface area (Å²) in [5, 5.41) is 2.79. The summed E-state index contributed by atoms with van der Waals surface area (Å²) in [5.74, 6) is -0.902. The molecule has 11 rings (SSSR count). The van der Waals surface area contributed by atoms with Gasteiger partial charge in [0.15, 0.2) is 0 Å². The minimum atomic E-state index is -1.46. The van der Waals surface area contributed by atoms with Crippen molar-refractivity contribution in [3.8, 4) is 44.5 Å². The predicted molar refractivity (Wildman–Crippen MR) is 345 cm³/mol. The third kappa shape index (κ3) is 10.5. The minimum absolute atomic E-state index is 0.0567. The standard InChI is InChI=1S/C75H78N4O4/c1-15-82-61(80)43-75(44-62(81)83-16-2)68-63(45-20-18-17-19-21-45)54-42-52(74(12,13)14)34-35-53(54)67-60-41-39-58(78-60)65(47-24-30-50(31-25-47)72(6,7)8)56-37-36-55(76-56)64(46-22-28-49(29-23-46)71(3,4)5)57-38-40-59(77-57)66(70(75)79-69(67)68)48-26-32-51(33-27-48)73(9,10)11/h17-42,77-78H,15-16,43-44H2,1-14H3. The van der Waals surface area contributed by atoms with Crippen molar-refractivity contribution in [3.63, 3.8) is 0 Å².